The second-order valence-electron chi connectivity index (χ2n) is 5.75. The van der Waals surface area contributed by atoms with Gasteiger partial charge in [0.2, 0.25) is 5.91 Å². The Bertz CT molecular complexity index is 827. The highest BCUT2D eigenvalue weighted by atomic mass is 32.1. The molecule has 0 bridgehead atoms. The summed E-state index contributed by atoms with van der Waals surface area (Å²) < 4.78 is 0. The quantitative estimate of drug-likeness (QED) is 0.685. The van der Waals surface area contributed by atoms with Crippen LogP contribution in [0.15, 0.2) is 65.6 Å². The van der Waals surface area contributed by atoms with E-state index in [0.717, 1.165) is 17.0 Å². The average Bonchev–Trinajstić information content (AvgIpc) is 3.16. The van der Waals surface area contributed by atoms with Crippen LogP contribution in [0.1, 0.15) is 28.6 Å². The summed E-state index contributed by atoms with van der Waals surface area (Å²) in [5.74, 6) is -0.157. The highest BCUT2D eigenvalue weighted by Crippen LogP contribution is 2.17. The van der Waals surface area contributed by atoms with Crippen molar-refractivity contribution in [2.75, 3.05) is 0 Å². The van der Waals surface area contributed by atoms with Gasteiger partial charge in [-0.15, -0.1) is 11.3 Å². The Morgan fingerprint density at radius 1 is 1.20 bits per heavy atom. The molecule has 3 rings (SSSR count). The van der Waals surface area contributed by atoms with Gasteiger partial charge >= 0.3 is 0 Å². The predicted octanol–water partition coefficient (Wildman–Crippen LogP) is 3.96. The molecule has 3 aromatic rings. The maximum Gasteiger partial charge on any atom is 0.244 e. The molecule has 5 heteroatoms. The topological polar surface area (TPSA) is 54.9 Å². The number of amides is 1. The molecule has 0 aliphatic rings. The molecule has 0 fully saturated rings. The van der Waals surface area contributed by atoms with Gasteiger partial charge in [0.1, 0.15) is 0 Å². The summed E-state index contributed by atoms with van der Waals surface area (Å²) in [5.41, 5.74) is 5.75. The van der Waals surface area contributed by atoms with E-state index in [4.69, 9.17) is 0 Å². The molecule has 0 saturated heterocycles. The molecule has 2 aromatic heterocycles. The number of hydrogen-bond donors (Lipinski definition) is 1. The van der Waals surface area contributed by atoms with Gasteiger partial charge in [-0.25, -0.2) is 4.98 Å². The molecule has 0 saturated carbocycles. The standard InChI is InChI=1S/C20H19N3OS/c1-15-5-7-16(8-6-15)12-19(18-4-2-3-11-21-18)23-20(24)10-9-17-13-25-14-22-17/h2-11,13-14,19H,12H2,1H3,(H,23,24)/b10-9-/t19-/m0/s1. The van der Waals surface area contributed by atoms with Crippen LogP contribution in [0, 0.1) is 6.92 Å². The van der Waals surface area contributed by atoms with E-state index in [0.29, 0.717) is 6.42 Å². The van der Waals surface area contributed by atoms with E-state index in [2.05, 4.69) is 46.5 Å². The third-order valence-electron chi connectivity index (χ3n) is 3.78. The van der Waals surface area contributed by atoms with Crippen molar-refractivity contribution >= 4 is 23.3 Å². The summed E-state index contributed by atoms with van der Waals surface area (Å²) in [6.07, 6.45) is 5.66. The number of carbonyl (C=O) groups excluding carboxylic acids is 1. The van der Waals surface area contributed by atoms with E-state index in [1.54, 1.807) is 17.8 Å². The zero-order chi connectivity index (χ0) is 17.5. The Labute approximate surface area is 151 Å². The van der Waals surface area contributed by atoms with Gasteiger partial charge in [-0.3, -0.25) is 9.78 Å². The fraction of sp³-hybridized carbons (Fsp3) is 0.150. The first-order valence-electron chi connectivity index (χ1n) is 8.04. The molecule has 1 atom stereocenters. The second kappa shape index (κ2) is 8.35. The van der Waals surface area contributed by atoms with Gasteiger partial charge in [0.15, 0.2) is 0 Å². The minimum Gasteiger partial charge on any atom is -0.344 e. The molecule has 1 N–H and O–H groups in total. The lowest BCUT2D eigenvalue weighted by atomic mass is 10.0. The molecule has 1 amide bonds. The van der Waals surface area contributed by atoms with Gasteiger partial charge in [0, 0.05) is 17.7 Å². The van der Waals surface area contributed by atoms with E-state index < -0.39 is 0 Å². The van der Waals surface area contributed by atoms with Crippen LogP contribution in [0.2, 0.25) is 0 Å². The zero-order valence-electron chi connectivity index (χ0n) is 13.9. The summed E-state index contributed by atoms with van der Waals surface area (Å²) in [4.78, 5) is 20.9. The van der Waals surface area contributed by atoms with Gasteiger partial charge in [0.05, 0.1) is 22.9 Å². The van der Waals surface area contributed by atoms with Crippen LogP contribution in [0.5, 0.6) is 0 Å². The van der Waals surface area contributed by atoms with Crippen LogP contribution in [-0.4, -0.2) is 15.9 Å². The lowest BCUT2D eigenvalue weighted by molar-refractivity contribution is -0.117. The van der Waals surface area contributed by atoms with Gasteiger partial charge < -0.3 is 5.32 Å². The van der Waals surface area contributed by atoms with E-state index in [9.17, 15) is 4.79 Å². The fourth-order valence-electron chi connectivity index (χ4n) is 2.46. The number of nitrogens with zero attached hydrogens (tertiary/aromatic N) is 2. The molecule has 1 aromatic carbocycles. The van der Waals surface area contributed by atoms with Crippen LogP contribution in [-0.2, 0) is 11.2 Å². The summed E-state index contributed by atoms with van der Waals surface area (Å²) in [7, 11) is 0. The Balaban J connectivity index is 1.74. The maximum absolute atomic E-state index is 12.3. The number of thiazole rings is 1. The highest BCUT2D eigenvalue weighted by Gasteiger charge is 2.15. The van der Waals surface area contributed by atoms with E-state index in [-0.39, 0.29) is 11.9 Å². The summed E-state index contributed by atoms with van der Waals surface area (Å²) in [6, 6.07) is 13.9. The first-order valence-corrected chi connectivity index (χ1v) is 8.98. The van der Waals surface area contributed by atoms with Gasteiger partial charge in [-0.05, 0) is 37.1 Å². The van der Waals surface area contributed by atoms with Crippen LogP contribution in [0.25, 0.3) is 6.08 Å². The molecule has 0 aliphatic carbocycles. The number of hydrogen-bond acceptors (Lipinski definition) is 4. The van der Waals surface area contributed by atoms with Crippen LogP contribution in [0.4, 0.5) is 0 Å². The fourth-order valence-corrected chi connectivity index (χ4v) is 2.98. The summed E-state index contributed by atoms with van der Waals surface area (Å²) in [6.45, 7) is 2.06. The number of aromatic nitrogens is 2. The summed E-state index contributed by atoms with van der Waals surface area (Å²) in [5, 5.41) is 4.94. The molecular weight excluding hydrogens is 330 g/mol. The van der Waals surface area contributed by atoms with Gasteiger partial charge in [0.25, 0.3) is 0 Å². The minimum atomic E-state index is -0.184. The predicted molar refractivity (Wildman–Crippen MR) is 101 cm³/mol. The lowest BCUT2D eigenvalue weighted by Crippen LogP contribution is -2.29. The van der Waals surface area contributed by atoms with Crippen molar-refractivity contribution in [3.63, 3.8) is 0 Å². The molecule has 25 heavy (non-hydrogen) atoms. The van der Waals surface area contributed by atoms with Crippen molar-refractivity contribution in [1.82, 2.24) is 15.3 Å². The van der Waals surface area contributed by atoms with Crippen LogP contribution >= 0.6 is 11.3 Å². The van der Waals surface area contributed by atoms with Gasteiger partial charge in [-0.1, -0.05) is 35.9 Å². The van der Waals surface area contributed by atoms with Crippen molar-refractivity contribution < 1.29 is 4.79 Å². The molecule has 0 aliphatic heterocycles. The normalized spacial score (nSPS) is 12.2. The minimum absolute atomic E-state index is 0.157. The van der Waals surface area contributed by atoms with Gasteiger partial charge in [-0.2, -0.15) is 0 Å². The van der Waals surface area contributed by atoms with Crippen molar-refractivity contribution in [2.24, 2.45) is 0 Å². The number of pyridine rings is 1. The molecule has 2 heterocycles. The highest BCUT2D eigenvalue weighted by molar-refractivity contribution is 7.07. The van der Waals surface area contributed by atoms with Crippen molar-refractivity contribution in [3.8, 4) is 0 Å². The number of carbonyl (C=O) groups is 1. The Hall–Kier alpha value is -2.79. The number of benzene rings is 1. The van der Waals surface area contributed by atoms with Crippen LogP contribution < -0.4 is 5.32 Å². The molecule has 4 nitrogen and oxygen atoms in total. The monoisotopic (exact) mass is 349 g/mol. The largest absolute Gasteiger partial charge is 0.344 e. The molecule has 0 unspecified atom stereocenters. The summed E-state index contributed by atoms with van der Waals surface area (Å²) >= 11 is 1.50. The Morgan fingerprint density at radius 3 is 2.72 bits per heavy atom. The smallest absolute Gasteiger partial charge is 0.244 e. The first-order chi connectivity index (χ1) is 12.2. The number of rotatable bonds is 6. The molecule has 0 radical (unpaired) electrons. The third-order valence-corrected chi connectivity index (χ3v) is 4.38. The Morgan fingerprint density at radius 2 is 2.04 bits per heavy atom. The zero-order valence-corrected chi connectivity index (χ0v) is 14.7. The van der Waals surface area contributed by atoms with E-state index in [1.165, 1.54) is 23.0 Å². The van der Waals surface area contributed by atoms with Crippen molar-refractivity contribution in [2.45, 2.75) is 19.4 Å². The lowest BCUT2D eigenvalue weighted by Gasteiger charge is -2.17. The Kier molecular flexibility index (Phi) is 5.69. The van der Waals surface area contributed by atoms with E-state index in [1.807, 2.05) is 23.6 Å². The first kappa shape index (κ1) is 17.0. The molecule has 0 spiro atoms. The third kappa shape index (κ3) is 5.09. The average molecular weight is 349 g/mol. The van der Waals surface area contributed by atoms with Crippen molar-refractivity contribution in [1.29, 1.82) is 0 Å². The van der Waals surface area contributed by atoms with Crippen LogP contribution in [0.3, 0.4) is 0 Å². The molecule has 126 valence electrons. The maximum atomic E-state index is 12.3. The van der Waals surface area contributed by atoms with E-state index >= 15 is 0 Å². The number of nitrogens with one attached hydrogen (secondary N) is 1. The van der Waals surface area contributed by atoms with Crippen molar-refractivity contribution in [3.05, 3.63) is 88.1 Å². The number of aryl methyl sites for hydroxylation is 1. The SMILES string of the molecule is Cc1ccc(C[C@H](NC(=O)/C=C\c2cscn2)c2ccccn2)cc1. The second-order valence-corrected chi connectivity index (χ2v) is 6.47. The molecular formula is C20H19N3OS.